The first kappa shape index (κ1) is 37.0. The van der Waals surface area contributed by atoms with Gasteiger partial charge in [-0.3, -0.25) is 19.1 Å². The number of carboxylic acids is 1. The molecule has 0 fully saturated rings. The van der Waals surface area contributed by atoms with Crippen LogP contribution in [0.25, 0.3) is 28.2 Å². The summed E-state index contributed by atoms with van der Waals surface area (Å²) in [4.78, 5) is 44.3. The van der Waals surface area contributed by atoms with Gasteiger partial charge in [-0.25, -0.2) is 23.5 Å². The van der Waals surface area contributed by atoms with Gasteiger partial charge in [0.25, 0.3) is 5.56 Å². The predicted octanol–water partition coefficient (Wildman–Crippen LogP) is 6.57. The van der Waals surface area contributed by atoms with Crippen molar-refractivity contribution in [2.45, 2.75) is 45.0 Å². The van der Waals surface area contributed by atoms with Crippen LogP contribution in [0.3, 0.4) is 0 Å². The molecule has 0 saturated heterocycles. The topological polar surface area (TPSA) is 163 Å². The van der Waals surface area contributed by atoms with E-state index in [2.05, 4.69) is 30.7 Å². The number of nitrogens with zero attached hydrogens (tertiary/aromatic N) is 8. The maximum Gasteiger partial charge on any atom is 0.490 e. The lowest BCUT2D eigenvalue weighted by atomic mass is 9.97. The first-order valence-electron chi connectivity index (χ1n) is 14.6. The smallest absolute Gasteiger partial charge is 0.475 e. The molecule has 0 spiro atoms. The Morgan fingerprint density at radius 1 is 1.10 bits per heavy atom. The standard InChI is InChI=1S/C28H22Cl2F3N9O2.C2HF3O2/c1-14-3-2-4-20(17-9-15(7-8-34-17)26-19(37-27(14)44)11-36-42(26)28(32)33)40-13-35-18(10-23(40)43)24-21(6-5-16(29)25(24)31)41-12-22(30)38-39-41;3-2(4,5)1(6)7/h5-14,20,28H,2-4H2,1H3,(H,37,44);(H,6,7)/t14-,20+;/m1./s1. The highest BCUT2D eigenvalue weighted by Gasteiger charge is 2.38. The molecule has 13 nitrogen and oxygen atoms in total. The van der Waals surface area contributed by atoms with Crippen molar-refractivity contribution in [3.63, 3.8) is 0 Å². The highest BCUT2D eigenvalue weighted by atomic mass is 35.5. The number of amides is 1. The number of fused-ring (bicyclic) bond motifs is 4. The number of pyridine rings is 1. The molecule has 5 aromatic rings. The van der Waals surface area contributed by atoms with Crippen LogP contribution in [-0.4, -0.2) is 62.5 Å². The number of carboxylic acid groups (broad SMARTS) is 1. The second-order valence-electron chi connectivity index (χ2n) is 11.0. The largest absolute Gasteiger partial charge is 0.490 e. The van der Waals surface area contributed by atoms with Gasteiger partial charge in [-0.15, -0.1) is 5.10 Å². The van der Waals surface area contributed by atoms with Crippen molar-refractivity contribution in [3.05, 3.63) is 87.3 Å². The van der Waals surface area contributed by atoms with Gasteiger partial charge in [-0.1, -0.05) is 41.8 Å². The van der Waals surface area contributed by atoms with Crippen molar-refractivity contribution in [2.75, 3.05) is 5.32 Å². The molecule has 0 saturated carbocycles. The summed E-state index contributed by atoms with van der Waals surface area (Å²) in [6.07, 6.45) is 1.49. The van der Waals surface area contributed by atoms with Crippen LogP contribution in [0.5, 0.6) is 0 Å². The number of aromatic nitrogens is 8. The zero-order valence-corrected chi connectivity index (χ0v) is 27.3. The maximum atomic E-state index is 15.4. The minimum Gasteiger partial charge on any atom is -0.475 e. The first-order valence-corrected chi connectivity index (χ1v) is 15.4. The molecule has 2 bridgehead atoms. The van der Waals surface area contributed by atoms with Crippen molar-refractivity contribution in [1.82, 2.24) is 39.3 Å². The Labute approximate surface area is 292 Å². The molecule has 1 aromatic carbocycles. The minimum atomic E-state index is -5.08. The molecule has 6 rings (SSSR count). The van der Waals surface area contributed by atoms with Crippen LogP contribution in [0.15, 0.2) is 60.0 Å². The van der Waals surface area contributed by atoms with Gasteiger partial charge >= 0.3 is 18.7 Å². The van der Waals surface area contributed by atoms with Gasteiger partial charge in [0.1, 0.15) is 0 Å². The maximum absolute atomic E-state index is 15.4. The molecule has 2 atom stereocenters. The number of hydrogen-bond donors (Lipinski definition) is 2. The van der Waals surface area contributed by atoms with Gasteiger partial charge in [-0.2, -0.15) is 27.1 Å². The Balaban J connectivity index is 0.000000654. The van der Waals surface area contributed by atoms with Gasteiger partial charge in [0.15, 0.2) is 11.0 Å². The van der Waals surface area contributed by atoms with Gasteiger partial charge in [0.05, 0.1) is 63.8 Å². The van der Waals surface area contributed by atoms with E-state index >= 15 is 4.39 Å². The Morgan fingerprint density at radius 3 is 2.45 bits per heavy atom. The van der Waals surface area contributed by atoms with E-state index in [-0.39, 0.29) is 44.4 Å². The highest BCUT2D eigenvalue weighted by molar-refractivity contribution is 6.31. The van der Waals surface area contributed by atoms with E-state index in [1.54, 1.807) is 13.0 Å². The van der Waals surface area contributed by atoms with Gasteiger partial charge < -0.3 is 10.4 Å². The second kappa shape index (κ2) is 14.9. The lowest BCUT2D eigenvalue weighted by Gasteiger charge is -2.22. The predicted molar refractivity (Wildman–Crippen MR) is 169 cm³/mol. The molecule has 1 aliphatic rings. The highest BCUT2D eigenvalue weighted by Crippen LogP contribution is 2.36. The molecule has 0 radical (unpaired) electrons. The van der Waals surface area contributed by atoms with Gasteiger partial charge in [0, 0.05) is 23.7 Å². The van der Waals surface area contributed by atoms with Crippen molar-refractivity contribution >= 4 is 40.8 Å². The number of anilines is 1. The van der Waals surface area contributed by atoms with Gasteiger partial charge in [0.2, 0.25) is 5.91 Å². The zero-order valence-electron chi connectivity index (χ0n) is 25.8. The van der Waals surface area contributed by atoms with Crippen molar-refractivity contribution in [3.8, 4) is 28.2 Å². The average molecular weight is 758 g/mol. The fourth-order valence-electron chi connectivity index (χ4n) is 5.22. The third kappa shape index (κ3) is 8.04. The lowest BCUT2D eigenvalue weighted by molar-refractivity contribution is -0.192. The van der Waals surface area contributed by atoms with Crippen molar-refractivity contribution < 1.29 is 41.0 Å². The summed E-state index contributed by atoms with van der Waals surface area (Å²) in [6, 6.07) is 6.40. The van der Waals surface area contributed by atoms with E-state index in [0.717, 1.165) is 6.07 Å². The summed E-state index contributed by atoms with van der Waals surface area (Å²) in [5.41, 5.74) is 0.414. The lowest BCUT2D eigenvalue weighted by Crippen LogP contribution is -2.27. The monoisotopic (exact) mass is 757 g/mol. The van der Waals surface area contributed by atoms with E-state index in [1.165, 1.54) is 52.4 Å². The molecule has 0 unspecified atom stereocenters. The number of alkyl halides is 5. The van der Waals surface area contributed by atoms with Crippen LogP contribution in [0, 0.1) is 11.7 Å². The molecule has 21 heteroatoms. The fraction of sp³-hybridized carbons (Fsp3) is 0.267. The van der Waals surface area contributed by atoms with Crippen LogP contribution in [0.2, 0.25) is 10.2 Å². The fourth-order valence-corrected chi connectivity index (χ4v) is 5.50. The molecule has 4 aromatic heterocycles. The van der Waals surface area contributed by atoms with Crippen LogP contribution in [0.1, 0.15) is 44.5 Å². The average Bonchev–Trinajstić information content (AvgIpc) is 3.70. The molecule has 2 N–H and O–H groups in total. The Bertz CT molecular complexity index is 2150. The van der Waals surface area contributed by atoms with E-state index in [4.69, 9.17) is 33.1 Å². The number of halogens is 8. The molecule has 1 amide bonds. The van der Waals surface area contributed by atoms with E-state index in [0.29, 0.717) is 35.2 Å². The SMILES string of the molecule is C[C@@H]1CCC[C@H](n2cnc(-c3c(-n4cc(Cl)nn4)ccc(Cl)c3F)cc2=O)c2cc(ccn2)-c2c(cnn2C(F)F)NC1=O.O=C(O)C(F)(F)F. The van der Waals surface area contributed by atoms with Crippen LogP contribution in [-0.2, 0) is 9.59 Å². The Morgan fingerprint density at radius 2 is 1.82 bits per heavy atom. The Hall–Kier alpha value is -5.30. The first-order chi connectivity index (χ1) is 24.1. The van der Waals surface area contributed by atoms with Crippen LogP contribution in [0.4, 0.5) is 32.0 Å². The summed E-state index contributed by atoms with van der Waals surface area (Å²) in [5, 5.41) is 21.1. The molecule has 268 valence electrons. The van der Waals surface area contributed by atoms with Crippen molar-refractivity contribution in [2.24, 2.45) is 5.92 Å². The number of aliphatic carboxylic acids is 1. The van der Waals surface area contributed by atoms with Gasteiger partial charge in [-0.05, 0) is 37.1 Å². The molecule has 5 heterocycles. The summed E-state index contributed by atoms with van der Waals surface area (Å²) in [5.74, 6) is -4.38. The molecule has 51 heavy (non-hydrogen) atoms. The number of benzene rings is 1. The number of hydrogen-bond acceptors (Lipinski definition) is 8. The van der Waals surface area contributed by atoms with E-state index in [1.807, 2.05) is 0 Å². The third-order valence-electron chi connectivity index (χ3n) is 7.65. The number of rotatable bonds is 4. The number of carbonyl (C=O) groups excluding carboxylic acids is 1. The quantitative estimate of drug-likeness (QED) is 0.193. The number of nitrogens with one attached hydrogen (secondary N) is 1. The summed E-state index contributed by atoms with van der Waals surface area (Å²) in [6.45, 7) is -1.25. The molecule has 1 aliphatic heterocycles. The minimum absolute atomic E-state index is 0.00141. The van der Waals surface area contributed by atoms with E-state index < -0.39 is 42.0 Å². The normalized spacial score (nSPS) is 16.3. The summed E-state index contributed by atoms with van der Waals surface area (Å²) in [7, 11) is 0. The summed E-state index contributed by atoms with van der Waals surface area (Å²) < 4.78 is 78.1. The van der Waals surface area contributed by atoms with E-state index in [9.17, 15) is 31.5 Å². The third-order valence-corrected chi connectivity index (χ3v) is 8.12. The second-order valence-corrected chi connectivity index (χ2v) is 11.8. The zero-order chi connectivity index (χ0) is 37.2. The Kier molecular flexibility index (Phi) is 10.8. The van der Waals surface area contributed by atoms with Crippen LogP contribution < -0.4 is 10.9 Å². The van der Waals surface area contributed by atoms with Crippen LogP contribution >= 0.6 is 23.2 Å². The molecular formula is C30H23Cl2F6N9O4. The molecule has 0 aliphatic carbocycles. The summed E-state index contributed by atoms with van der Waals surface area (Å²) >= 11 is 12.0. The van der Waals surface area contributed by atoms with Crippen molar-refractivity contribution in [1.29, 1.82) is 0 Å². The number of carbonyl (C=O) groups is 2. The molecular weight excluding hydrogens is 735 g/mol.